The zero-order chi connectivity index (χ0) is 23.1. The molecule has 0 N–H and O–H groups in total. The molecule has 1 aromatic rings. The Labute approximate surface area is 182 Å². The van der Waals surface area contributed by atoms with E-state index in [4.69, 9.17) is 0 Å². The molecule has 0 bridgehead atoms. The number of benzene rings is 1. The Balaban J connectivity index is -0.000000318. The van der Waals surface area contributed by atoms with Gasteiger partial charge in [0.05, 0.1) is 0 Å². The van der Waals surface area contributed by atoms with Crippen molar-refractivity contribution < 1.29 is 0 Å². The van der Waals surface area contributed by atoms with Gasteiger partial charge in [0.25, 0.3) is 0 Å². The number of allylic oxidation sites excluding steroid dienone is 3. The fraction of sp³-hybridized carbons (Fsp3) is 0.333. The van der Waals surface area contributed by atoms with E-state index in [1.54, 1.807) is 12.3 Å². The summed E-state index contributed by atoms with van der Waals surface area (Å²) in [5.74, 6) is 0. The predicted octanol–water partition coefficient (Wildman–Crippen LogP) is 9.78. The summed E-state index contributed by atoms with van der Waals surface area (Å²) in [6.45, 7) is 31.7. The number of hydrogen-bond donors (Lipinski definition) is 1. The molecule has 0 atom stereocenters. The maximum atomic E-state index is 3.95. The first-order valence-corrected chi connectivity index (χ1v) is 11.0. The Bertz CT molecular complexity index is 614. The third-order valence-corrected chi connectivity index (χ3v) is 3.31. The molecule has 0 saturated carbocycles. The minimum absolute atomic E-state index is 1.08. The molecule has 0 aliphatic rings. The van der Waals surface area contributed by atoms with E-state index in [0.29, 0.717) is 0 Å². The zero-order valence-electron chi connectivity index (χ0n) is 19.9. The molecular weight excluding hydrogens is 356 g/mol. The summed E-state index contributed by atoms with van der Waals surface area (Å²) in [6, 6.07) is 0. The van der Waals surface area contributed by atoms with Crippen LogP contribution < -0.4 is 0 Å². The van der Waals surface area contributed by atoms with E-state index in [1.165, 1.54) is 11.1 Å². The van der Waals surface area contributed by atoms with Crippen LogP contribution in [0.2, 0.25) is 0 Å². The lowest BCUT2D eigenvalue weighted by Gasteiger charge is -2.18. The lowest BCUT2D eigenvalue weighted by molar-refractivity contribution is 1.37. The second-order valence-corrected chi connectivity index (χ2v) is 4.40. The molecule has 158 valence electrons. The summed E-state index contributed by atoms with van der Waals surface area (Å²) < 4.78 is 0. The van der Waals surface area contributed by atoms with Gasteiger partial charge in [-0.1, -0.05) is 116 Å². The molecule has 0 unspecified atom stereocenters. The molecular formula is C27H44S. The van der Waals surface area contributed by atoms with Gasteiger partial charge in [-0.2, -0.15) is 12.6 Å². The number of thiol groups is 1. The molecule has 0 radical (unpaired) electrons. The van der Waals surface area contributed by atoms with Gasteiger partial charge >= 0.3 is 0 Å². The second kappa shape index (κ2) is 25.0. The highest BCUT2D eigenvalue weighted by atomic mass is 32.1. The molecule has 28 heavy (non-hydrogen) atoms. The summed E-state index contributed by atoms with van der Waals surface area (Å²) in [6.07, 6.45) is 17.3. The Morgan fingerprint density at radius 3 is 1.32 bits per heavy atom. The van der Waals surface area contributed by atoms with Crippen molar-refractivity contribution in [3.05, 3.63) is 77.9 Å². The summed E-state index contributed by atoms with van der Waals surface area (Å²) in [5, 5.41) is 0. The van der Waals surface area contributed by atoms with Gasteiger partial charge in [-0.05, 0) is 53.5 Å². The van der Waals surface area contributed by atoms with Crippen molar-refractivity contribution in [2.45, 2.75) is 55.4 Å². The average molecular weight is 401 g/mol. The van der Waals surface area contributed by atoms with Gasteiger partial charge in [-0.25, -0.2) is 0 Å². The minimum Gasteiger partial charge on any atom is -0.183 e. The van der Waals surface area contributed by atoms with Crippen LogP contribution in [-0.2, 0) is 0 Å². The molecule has 0 spiro atoms. The van der Waals surface area contributed by atoms with Crippen LogP contribution in [0.4, 0.5) is 0 Å². The van der Waals surface area contributed by atoms with Gasteiger partial charge < -0.3 is 0 Å². The maximum Gasteiger partial charge on any atom is -0.0105 e. The SMILES string of the molecule is C=C/C=C\c1c(C)c(C=C)c(C=C)c(C=C)c1/C=C\C.CC.CC.CC.CS. The minimum atomic E-state index is 1.08. The van der Waals surface area contributed by atoms with E-state index in [9.17, 15) is 0 Å². The standard InChI is InChI=1S/C20H22.3C2H6.CH4S/c1-7-12-14-19-15(6)16(9-3)17(10-4)18(11-5)20(19)13-8-2;4*1-2/h7-14H,1,3-5H2,2,6H3;3*1-2H3;2H,1H3/b13-8-,14-12-;;;;. The molecule has 0 saturated heterocycles. The molecule has 0 aliphatic heterocycles. The van der Waals surface area contributed by atoms with Crippen LogP contribution in [0.15, 0.2) is 44.5 Å². The van der Waals surface area contributed by atoms with Crippen LogP contribution in [0.1, 0.15) is 81.8 Å². The van der Waals surface area contributed by atoms with E-state index in [2.05, 4.69) is 58.0 Å². The molecule has 0 amide bonds. The Morgan fingerprint density at radius 1 is 0.607 bits per heavy atom. The highest BCUT2D eigenvalue weighted by Crippen LogP contribution is 2.32. The smallest absolute Gasteiger partial charge is 0.0105 e. The molecule has 0 aliphatic carbocycles. The van der Waals surface area contributed by atoms with Crippen molar-refractivity contribution >= 4 is 43.0 Å². The van der Waals surface area contributed by atoms with Crippen LogP contribution in [0.5, 0.6) is 0 Å². The van der Waals surface area contributed by atoms with Crippen LogP contribution in [-0.4, -0.2) is 6.26 Å². The summed E-state index contributed by atoms with van der Waals surface area (Å²) in [5.41, 5.74) is 6.77. The number of hydrogen-bond acceptors (Lipinski definition) is 1. The average Bonchev–Trinajstić information content (AvgIpc) is 2.78. The van der Waals surface area contributed by atoms with E-state index in [0.717, 1.165) is 22.3 Å². The van der Waals surface area contributed by atoms with Crippen molar-refractivity contribution in [2.24, 2.45) is 0 Å². The van der Waals surface area contributed by atoms with Crippen molar-refractivity contribution in [2.75, 3.05) is 6.26 Å². The summed E-state index contributed by atoms with van der Waals surface area (Å²) >= 11 is 3.53. The van der Waals surface area contributed by atoms with Crippen LogP contribution >= 0.6 is 12.6 Å². The largest absolute Gasteiger partial charge is 0.183 e. The monoisotopic (exact) mass is 400 g/mol. The normalized spacial score (nSPS) is 8.64. The molecule has 1 rings (SSSR count). The van der Waals surface area contributed by atoms with Gasteiger partial charge in [0.15, 0.2) is 0 Å². The molecule has 0 aromatic heterocycles. The maximum absolute atomic E-state index is 3.95. The molecule has 0 nitrogen and oxygen atoms in total. The molecule has 1 heteroatoms. The fourth-order valence-corrected chi connectivity index (χ4v) is 2.41. The van der Waals surface area contributed by atoms with Crippen molar-refractivity contribution in [1.82, 2.24) is 0 Å². The molecule has 0 fully saturated rings. The van der Waals surface area contributed by atoms with E-state index in [1.807, 2.05) is 78.8 Å². The van der Waals surface area contributed by atoms with E-state index in [-0.39, 0.29) is 0 Å². The van der Waals surface area contributed by atoms with E-state index < -0.39 is 0 Å². The molecule has 1 aromatic carbocycles. The van der Waals surface area contributed by atoms with Crippen LogP contribution in [0, 0.1) is 6.92 Å². The predicted molar refractivity (Wildman–Crippen MR) is 144 cm³/mol. The molecule has 0 heterocycles. The Hall–Kier alpha value is -1.99. The van der Waals surface area contributed by atoms with Crippen molar-refractivity contribution in [3.8, 4) is 0 Å². The van der Waals surface area contributed by atoms with Crippen LogP contribution in [0.25, 0.3) is 30.4 Å². The van der Waals surface area contributed by atoms with Crippen molar-refractivity contribution in [1.29, 1.82) is 0 Å². The topological polar surface area (TPSA) is 0 Å². The van der Waals surface area contributed by atoms with Gasteiger partial charge in [0, 0.05) is 0 Å². The van der Waals surface area contributed by atoms with Gasteiger partial charge in [0.1, 0.15) is 0 Å². The zero-order valence-corrected chi connectivity index (χ0v) is 20.8. The van der Waals surface area contributed by atoms with E-state index >= 15 is 0 Å². The highest BCUT2D eigenvalue weighted by Gasteiger charge is 2.14. The summed E-state index contributed by atoms with van der Waals surface area (Å²) in [7, 11) is 0. The first-order valence-electron chi connectivity index (χ1n) is 10.1. The van der Waals surface area contributed by atoms with Crippen molar-refractivity contribution in [3.63, 3.8) is 0 Å². The van der Waals surface area contributed by atoms with Gasteiger partial charge in [-0.3, -0.25) is 0 Å². The summed E-state index contributed by atoms with van der Waals surface area (Å²) in [4.78, 5) is 0. The number of rotatable bonds is 6. The first kappa shape index (κ1) is 33.6. The van der Waals surface area contributed by atoms with Crippen LogP contribution in [0.3, 0.4) is 0 Å². The first-order chi connectivity index (χ1) is 13.7. The lowest BCUT2D eigenvalue weighted by Crippen LogP contribution is -1.99. The quantitative estimate of drug-likeness (QED) is 0.356. The Morgan fingerprint density at radius 2 is 1.00 bits per heavy atom. The third-order valence-electron chi connectivity index (χ3n) is 3.31. The lowest BCUT2D eigenvalue weighted by atomic mass is 9.86. The third kappa shape index (κ3) is 10.4. The fourth-order valence-electron chi connectivity index (χ4n) is 2.41. The Kier molecular flexibility index (Phi) is 30.0. The van der Waals surface area contributed by atoms with Gasteiger partial charge in [-0.15, -0.1) is 0 Å². The second-order valence-electron chi connectivity index (χ2n) is 4.40. The van der Waals surface area contributed by atoms with Gasteiger partial charge in [0.2, 0.25) is 0 Å². The highest BCUT2D eigenvalue weighted by molar-refractivity contribution is 7.79.